The Morgan fingerprint density at radius 3 is 2.50 bits per heavy atom. The van der Waals surface area contributed by atoms with E-state index in [1.54, 1.807) is 4.31 Å². The molecule has 5 rings (SSSR count). The number of rotatable bonds is 8. The smallest absolute Gasteiger partial charge is 0.272 e. The molecule has 10 heteroatoms. The van der Waals surface area contributed by atoms with Gasteiger partial charge in [0.15, 0.2) is 5.69 Å². The minimum atomic E-state index is -3.11. The van der Waals surface area contributed by atoms with Gasteiger partial charge in [-0.1, -0.05) is 18.2 Å². The molecule has 1 aromatic heterocycles. The molecule has 198 valence electrons. The molecule has 3 aliphatic heterocycles. The van der Waals surface area contributed by atoms with Gasteiger partial charge < -0.3 is 10.2 Å². The summed E-state index contributed by atoms with van der Waals surface area (Å²) in [5.74, 6) is -0.0696. The lowest BCUT2D eigenvalue weighted by Crippen LogP contribution is -2.52. The van der Waals surface area contributed by atoms with Crippen LogP contribution >= 0.6 is 0 Å². The van der Waals surface area contributed by atoms with Crippen LogP contribution in [0.5, 0.6) is 0 Å². The largest absolute Gasteiger partial charge is 0.348 e. The normalized spacial score (nSPS) is 27.5. The second-order valence-corrected chi connectivity index (χ2v) is 13.2. The standard InChI is InChI=1S/C26H40N6O3S/c1-18(2)32-24-8-6-5-7-23(24)25(28-32)26(33)27-19-15-20-9-10-21(16-19)31(20)14-13-29(3)22-11-12-30(17-22)36(4,34)35/h5-8,18-22H,9-17H2,1-4H3,(H,27,33)/t19-,20-,21+,22?. The molecule has 0 radical (unpaired) electrons. The summed E-state index contributed by atoms with van der Waals surface area (Å²) in [5, 5.41) is 8.90. The fourth-order valence-electron chi connectivity index (χ4n) is 6.49. The van der Waals surface area contributed by atoms with E-state index in [1.165, 1.54) is 19.1 Å². The number of hydrogen-bond donors (Lipinski definition) is 1. The number of aromatic nitrogens is 2. The van der Waals surface area contributed by atoms with Crippen molar-refractivity contribution in [2.45, 2.75) is 76.2 Å². The fraction of sp³-hybridized carbons (Fsp3) is 0.692. The predicted octanol–water partition coefficient (Wildman–Crippen LogP) is 2.31. The Hall–Kier alpha value is -2.01. The number of fused-ring (bicyclic) bond motifs is 3. The average Bonchev–Trinajstić information content (AvgIpc) is 3.52. The zero-order valence-electron chi connectivity index (χ0n) is 21.9. The van der Waals surface area contributed by atoms with Crippen molar-refractivity contribution in [3.05, 3.63) is 30.0 Å². The molecule has 1 N–H and O–H groups in total. The Balaban J connectivity index is 1.17. The molecular weight excluding hydrogens is 476 g/mol. The Labute approximate surface area is 214 Å². The maximum absolute atomic E-state index is 13.3. The van der Waals surface area contributed by atoms with Gasteiger partial charge in [-0.15, -0.1) is 0 Å². The highest BCUT2D eigenvalue weighted by molar-refractivity contribution is 7.88. The van der Waals surface area contributed by atoms with E-state index < -0.39 is 10.0 Å². The van der Waals surface area contributed by atoms with Crippen LogP contribution in [-0.2, 0) is 10.0 Å². The van der Waals surface area contributed by atoms with Gasteiger partial charge in [0.1, 0.15) is 0 Å². The molecule has 0 aliphatic carbocycles. The molecule has 1 unspecified atom stereocenters. The highest BCUT2D eigenvalue weighted by Crippen LogP contribution is 2.36. The summed E-state index contributed by atoms with van der Waals surface area (Å²) in [6.45, 7) is 7.31. The third-order valence-corrected chi connectivity index (χ3v) is 9.74. The first-order valence-electron chi connectivity index (χ1n) is 13.3. The summed E-state index contributed by atoms with van der Waals surface area (Å²) in [7, 11) is -0.991. The van der Waals surface area contributed by atoms with Crippen LogP contribution in [0.15, 0.2) is 24.3 Å². The quantitative estimate of drug-likeness (QED) is 0.579. The van der Waals surface area contributed by atoms with Crippen molar-refractivity contribution >= 4 is 26.8 Å². The van der Waals surface area contributed by atoms with E-state index in [1.807, 2.05) is 28.9 Å². The summed E-state index contributed by atoms with van der Waals surface area (Å²) in [4.78, 5) is 18.2. The lowest BCUT2D eigenvalue weighted by Gasteiger charge is -2.40. The number of carbonyl (C=O) groups is 1. The summed E-state index contributed by atoms with van der Waals surface area (Å²) in [5.41, 5.74) is 1.52. The maximum atomic E-state index is 13.3. The van der Waals surface area contributed by atoms with E-state index in [4.69, 9.17) is 0 Å². The Kier molecular flexibility index (Phi) is 7.15. The van der Waals surface area contributed by atoms with Gasteiger partial charge in [-0.25, -0.2) is 12.7 Å². The minimum Gasteiger partial charge on any atom is -0.348 e. The molecule has 9 nitrogen and oxygen atoms in total. The monoisotopic (exact) mass is 516 g/mol. The molecular formula is C26H40N6O3S. The molecule has 2 bridgehead atoms. The van der Waals surface area contributed by atoms with Gasteiger partial charge in [-0.2, -0.15) is 5.10 Å². The van der Waals surface area contributed by atoms with E-state index >= 15 is 0 Å². The van der Waals surface area contributed by atoms with Crippen molar-refractivity contribution in [3.63, 3.8) is 0 Å². The molecule has 1 aromatic carbocycles. The lowest BCUT2D eigenvalue weighted by molar-refractivity contribution is 0.0801. The van der Waals surface area contributed by atoms with Crippen LogP contribution in [0.25, 0.3) is 10.9 Å². The molecule has 3 fully saturated rings. The van der Waals surface area contributed by atoms with Crippen LogP contribution in [0.4, 0.5) is 0 Å². The minimum absolute atomic E-state index is 0.0696. The van der Waals surface area contributed by atoms with Crippen molar-refractivity contribution in [2.75, 3.05) is 39.5 Å². The number of likely N-dealkylation sites (N-methyl/N-ethyl adjacent to an activating group) is 1. The van der Waals surface area contributed by atoms with Crippen molar-refractivity contribution < 1.29 is 13.2 Å². The number of benzene rings is 1. The van der Waals surface area contributed by atoms with Crippen molar-refractivity contribution in [1.29, 1.82) is 0 Å². The number of nitrogens with zero attached hydrogens (tertiary/aromatic N) is 5. The maximum Gasteiger partial charge on any atom is 0.272 e. The van der Waals surface area contributed by atoms with E-state index in [9.17, 15) is 13.2 Å². The summed E-state index contributed by atoms with van der Waals surface area (Å²) in [6, 6.07) is 9.59. The van der Waals surface area contributed by atoms with E-state index in [0.29, 0.717) is 30.9 Å². The molecule has 4 atom stereocenters. The van der Waals surface area contributed by atoms with Gasteiger partial charge >= 0.3 is 0 Å². The van der Waals surface area contributed by atoms with Gasteiger partial charge in [0.2, 0.25) is 10.0 Å². The predicted molar refractivity (Wildman–Crippen MR) is 142 cm³/mol. The summed E-state index contributed by atoms with van der Waals surface area (Å²) in [6.07, 6.45) is 6.49. The zero-order chi connectivity index (χ0) is 25.6. The van der Waals surface area contributed by atoms with Crippen LogP contribution in [0.1, 0.15) is 62.5 Å². The number of piperidine rings is 1. The van der Waals surface area contributed by atoms with Gasteiger partial charge in [0, 0.05) is 61.8 Å². The van der Waals surface area contributed by atoms with Crippen LogP contribution in [-0.4, -0.2) is 102 Å². The molecule has 3 saturated heterocycles. The zero-order valence-corrected chi connectivity index (χ0v) is 22.7. The van der Waals surface area contributed by atoms with Crippen molar-refractivity contribution in [1.82, 2.24) is 29.2 Å². The second kappa shape index (κ2) is 10.0. The Morgan fingerprint density at radius 2 is 1.86 bits per heavy atom. The fourth-order valence-corrected chi connectivity index (χ4v) is 7.37. The third kappa shape index (κ3) is 5.05. The Morgan fingerprint density at radius 1 is 1.17 bits per heavy atom. The average molecular weight is 517 g/mol. The van der Waals surface area contributed by atoms with Gasteiger partial charge in [0.05, 0.1) is 11.8 Å². The van der Waals surface area contributed by atoms with Gasteiger partial charge in [-0.05, 0) is 59.1 Å². The van der Waals surface area contributed by atoms with Crippen molar-refractivity contribution in [2.24, 2.45) is 0 Å². The molecule has 4 heterocycles. The number of carbonyl (C=O) groups excluding carboxylic acids is 1. The first-order chi connectivity index (χ1) is 17.1. The molecule has 0 spiro atoms. The van der Waals surface area contributed by atoms with Crippen LogP contribution in [0, 0.1) is 0 Å². The lowest BCUT2D eigenvalue weighted by atomic mass is 9.97. The number of para-hydroxylation sites is 1. The Bertz CT molecular complexity index is 1200. The molecule has 1 amide bonds. The van der Waals surface area contributed by atoms with Crippen LogP contribution in [0.3, 0.4) is 0 Å². The number of hydrogen-bond acceptors (Lipinski definition) is 6. The highest BCUT2D eigenvalue weighted by Gasteiger charge is 2.41. The van der Waals surface area contributed by atoms with Gasteiger partial charge in [-0.3, -0.25) is 14.4 Å². The molecule has 36 heavy (non-hydrogen) atoms. The SMILES string of the molecule is CC(C)n1nc(C(=O)N[C@@H]2C[C@H]3CC[C@@H](C2)N3CCN(C)C2CCN(S(C)(=O)=O)C2)c2ccccc21. The van der Waals surface area contributed by atoms with E-state index in [-0.39, 0.29) is 24.0 Å². The summed E-state index contributed by atoms with van der Waals surface area (Å²) < 4.78 is 27.3. The molecule has 3 aliphatic rings. The highest BCUT2D eigenvalue weighted by atomic mass is 32.2. The third-order valence-electron chi connectivity index (χ3n) is 8.47. The van der Waals surface area contributed by atoms with E-state index in [2.05, 4.69) is 41.1 Å². The topological polar surface area (TPSA) is 90.8 Å². The molecule has 2 aromatic rings. The van der Waals surface area contributed by atoms with E-state index in [0.717, 1.165) is 43.3 Å². The van der Waals surface area contributed by atoms with Gasteiger partial charge in [0.25, 0.3) is 5.91 Å². The van der Waals surface area contributed by atoms with Crippen LogP contribution in [0.2, 0.25) is 0 Å². The number of amides is 1. The second-order valence-electron chi connectivity index (χ2n) is 11.2. The number of sulfonamides is 1. The number of nitrogens with one attached hydrogen (secondary N) is 1. The van der Waals surface area contributed by atoms with Crippen LogP contribution < -0.4 is 5.32 Å². The first-order valence-corrected chi connectivity index (χ1v) is 15.2. The first kappa shape index (κ1) is 25.6. The molecule has 0 saturated carbocycles. The summed E-state index contributed by atoms with van der Waals surface area (Å²) >= 11 is 0. The van der Waals surface area contributed by atoms with Crippen molar-refractivity contribution in [3.8, 4) is 0 Å².